The monoisotopic (exact) mass is 325 g/mol. The zero-order chi connectivity index (χ0) is 14.2. The average molecular weight is 326 g/mol. The van der Waals surface area contributed by atoms with E-state index in [9.17, 15) is 4.79 Å². The molecule has 3 unspecified atom stereocenters. The third kappa shape index (κ3) is 2.94. The third-order valence-corrected chi connectivity index (χ3v) is 4.77. The maximum Gasteiger partial charge on any atom is 0.336 e. The van der Waals surface area contributed by atoms with Crippen molar-refractivity contribution in [3.8, 4) is 0 Å². The van der Waals surface area contributed by atoms with Crippen molar-refractivity contribution >= 4 is 27.6 Å². The minimum Gasteiger partial charge on any atom is -0.478 e. The third-order valence-electron chi connectivity index (χ3n) is 4.11. The van der Waals surface area contributed by atoms with Crippen LogP contribution in [0.25, 0.3) is 0 Å². The Balaban J connectivity index is 2.31. The molecule has 3 atom stereocenters. The lowest BCUT2D eigenvalue weighted by Crippen LogP contribution is -2.45. The highest BCUT2D eigenvalue weighted by Crippen LogP contribution is 2.33. The van der Waals surface area contributed by atoms with E-state index in [0.29, 0.717) is 27.9 Å². The van der Waals surface area contributed by atoms with Gasteiger partial charge >= 0.3 is 5.97 Å². The summed E-state index contributed by atoms with van der Waals surface area (Å²) in [4.78, 5) is 13.4. The summed E-state index contributed by atoms with van der Waals surface area (Å²) in [6, 6.07) is 6.00. The Kier molecular flexibility index (Phi) is 4.19. The summed E-state index contributed by atoms with van der Waals surface area (Å²) in [5.74, 6) is 0.428. The van der Waals surface area contributed by atoms with Crippen LogP contribution in [0.4, 0.5) is 5.69 Å². The molecular weight excluding hydrogens is 306 g/mol. The fraction of sp³-hybridized carbons (Fsp3) is 0.533. The van der Waals surface area contributed by atoms with Crippen LogP contribution in [0, 0.1) is 11.8 Å². The summed E-state index contributed by atoms with van der Waals surface area (Å²) in [6.07, 6.45) is 1.26. The predicted octanol–water partition coefficient (Wildman–Crippen LogP) is 4.02. The number of rotatable bonds is 2. The fourth-order valence-electron chi connectivity index (χ4n) is 2.91. The van der Waals surface area contributed by atoms with Gasteiger partial charge in [-0.15, -0.1) is 0 Å². The minimum absolute atomic E-state index is 0.314. The first kappa shape index (κ1) is 14.4. The Morgan fingerprint density at radius 1 is 1.37 bits per heavy atom. The van der Waals surface area contributed by atoms with Crippen molar-refractivity contribution in [3.05, 3.63) is 28.2 Å². The molecule has 1 heterocycles. The Bertz CT molecular complexity index is 489. The lowest BCUT2D eigenvalue weighted by atomic mass is 9.85. The van der Waals surface area contributed by atoms with Crippen LogP contribution in [0.15, 0.2) is 22.7 Å². The number of aromatic carboxylic acids is 1. The number of hydrogen-bond donors (Lipinski definition) is 1. The summed E-state index contributed by atoms with van der Waals surface area (Å²) in [6.45, 7) is 7.84. The van der Waals surface area contributed by atoms with E-state index in [1.54, 1.807) is 6.07 Å². The van der Waals surface area contributed by atoms with Crippen molar-refractivity contribution in [2.75, 3.05) is 11.4 Å². The van der Waals surface area contributed by atoms with Gasteiger partial charge in [-0.05, 0) is 59.3 Å². The fourth-order valence-corrected chi connectivity index (χ4v) is 3.45. The first-order valence-electron chi connectivity index (χ1n) is 6.69. The van der Waals surface area contributed by atoms with Crippen molar-refractivity contribution in [1.29, 1.82) is 0 Å². The van der Waals surface area contributed by atoms with Crippen LogP contribution in [0.3, 0.4) is 0 Å². The highest BCUT2D eigenvalue weighted by atomic mass is 79.9. The molecule has 1 aliphatic rings. The molecule has 0 aromatic heterocycles. The molecule has 1 N–H and O–H groups in total. The predicted molar refractivity (Wildman–Crippen MR) is 80.9 cm³/mol. The molecule has 0 amide bonds. The molecule has 1 aromatic rings. The molecule has 0 aliphatic carbocycles. The number of halogens is 1. The van der Waals surface area contributed by atoms with Crippen LogP contribution in [0.5, 0.6) is 0 Å². The molecule has 0 saturated carbocycles. The quantitative estimate of drug-likeness (QED) is 0.892. The van der Waals surface area contributed by atoms with E-state index in [2.05, 4.69) is 41.6 Å². The average Bonchev–Trinajstić information content (AvgIpc) is 2.33. The maximum absolute atomic E-state index is 11.0. The second-order valence-electron chi connectivity index (χ2n) is 5.68. The Labute approximate surface area is 122 Å². The van der Waals surface area contributed by atoms with Crippen molar-refractivity contribution < 1.29 is 9.90 Å². The highest BCUT2D eigenvalue weighted by Gasteiger charge is 2.29. The zero-order valence-corrected chi connectivity index (χ0v) is 13.1. The molecular formula is C15H20BrNO2. The van der Waals surface area contributed by atoms with Gasteiger partial charge in [0.1, 0.15) is 0 Å². The van der Waals surface area contributed by atoms with Gasteiger partial charge in [0.05, 0.1) is 5.56 Å². The molecule has 3 nitrogen and oxygen atoms in total. The number of carboxylic acids is 1. The standard InChI is InChI=1S/C15H20BrNO2/c1-9-6-10(2)11(3)17(8-9)12-4-5-13(15(18)19)14(16)7-12/h4-5,7,9-11H,6,8H2,1-3H3,(H,18,19). The smallest absolute Gasteiger partial charge is 0.336 e. The molecule has 1 aromatic carbocycles. The molecule has 19 heavy (non-hydrogen) atoms. The second kappa shape index (κ2) is 5.53. The van der Waals surface area contributed by atoms with Gasteiger partial charge in [0.25, 0.3) is 0 Å². The van der Waals surface area contributed by atoms with Gasteiger partial charge in [-0.1, -0.05) is 13.8 Å². The van der Waals surface area contributed by atoms with E-state index in [0.717, 1.165) is 12.2 Å². The number of carbonyl (C=O) groups is 1. The van der Waals surface area contributed by atoms with Crippen molar-refractivity contribution in [3.63, 3.8) is 0 Å². The highest BCUT2D eigenvalue weighted by molar-refractivity contribution is 9.10. The summed E-state index contributed by atoms with van der Waals surface area (Å²) < 4.78 is 0.649. The molecule has 1 fully saturated rings. The topological polar surface area (TPSA) is 40.5 Å². The van der Waals surface area contributed by atoms with E-state index in [-0.39, 0.29) is 0 Å². The van der Waals surface area contributed by atoms with Crippen molar-refractivity contribution in [2.45, 2.75) is 33.2 Å². The van der Waals surface area contributed by atoms with E-state index in [1.165, 1.54) is 6.42 Å². The summed E-state index contributed by atoms with van der Waals surface area (Å²) >= 11 is 3.36. The van der Waals surface area contributed by atoms with Gasteiger partial charge in [-0.25, -0.2) is 4.79 Å². The first-order chi connectivity index (χ1) is 8.90. The molecule has 104 valence electrons. The van der Waals surface area contributed by atoms with Gasteiger partial charge in [-0.3, -0.25) is 0 Å². The molecule has 0 spiro atoms. The largest absolute Gasteiger partial charge is 0.478 e. The molecule has 0 radical (unpaired) electrons. The van der Waals surface area contributed by atoms with Crippen LogP contribution in [-0.4, -0.2) is 23.7 Å². The number of piperidine rings is 1. The molecule has 1 saturated heterocycles. The van der Waals surface area contributed by atoms with Crippen LogP contribution < -0.4 is 4.90 Å². The zero-order valence-electron chi connectivity index (χ0n) is 11.6. The van der Waals surface area contributed by atoms with Crippen LogP contribution in [0.2, 0.25) is 0 Å². The van der Waals surface area contributed by atoms with Gasteiger partial charge in [-0.2, -0.15) is 0 Å². The number of anilines is 1. The lowest BCUT2D eigenvalue weighted by Gasteiger charge is -2.42. The lowest BCUT2D eigenvalue weighted by molar-refractivity contribution is 0.0696. The van der Waals surface area contributed by atoms with E-state index < -0.39 is 5.97 Å². The van der Waals surface area contributed by atoms with Crippen molar-refractivity contribution in [2.24, 2.45) is 11.8 Å². The van der Waals surface area contributed by atoms with Gasteiger partial charge < -0.3 is 10.0 Å². The SMILES string of the molecule is CC1CC(C)C(C)N(c2ccc(C(=O)O)c(Br)c2)C1. The van der Waals surface area contributed by atoms with E-state index in [1.807, 2.05) is 12.1 Å². The van der Waals surface area contributed by atoms with E-state index in [4.69, 9.17) is 5.11 Å². The number of nitrogens with zero attached hydrogens (tertiary/aromatic N) is 1. The van der Waals surface area contributed by atoms with Crippen molar-refractivity contribution in [1.82, 2.24) is 0 Å². The number of benzene rings is 1. The van der Waals surface area contributed by atoms with Crippen LogP contribution in [-0.2, 0) is 0 Å². The maximum atomic E-state index is 11.0. The van der Waals surface area contributed by atoms with Gasteiger partial charge in [0.15, 0.2) is 0 Å². The molecule has 0 bridgehead atoms. The normalized spacial score (nSPS) is 27.4. The summed E-state index contributed by atoms with van der Waals surface area (Å²) in [7, 11) is 0. The number of carboxylic acid groups (broad SMARTS) is 1. The second-order valence-corrected chi connectivity index (χ2v) is 6.53. The first-order valence-corrected chi connectivity index (χ1v) is 7.49. The van der Waals surface area contributed by atoms with E-state index >= 15 is 0 Å². The van der Waals surface area contributed by atoms with Crippen LogP contribution >= 0.6 is 15.9 Å². The Hall–Kier alpha value is -1.03. The van der Waals surface area contributed by atoms with Gasteiger partial charge in [0, 0.05) is 22.7 Å². The summed E-state index contributed by atoms with van der Waals surface area (Å²) in [5, 5.41) is 9.06. The Morgan fingerprint density at radius 2 is 2.05 bits per heavy atom. The van der Waals surface area contributed by atoms with Gasteiger partial charge in [0.2, 0.25) is 0 Å². The summed E-state index contributed by atoms with van der Waals surface area (Å²) in [5.41, 5.74) is 1.41. The Morgan fingerprint density at radius 3 is 2.63 bits per heavy atom. The van der Waals surface area contributed by atoms with Crippen LogP contribution in [0.1, 0.15) is 37.6 Å². The molecule has 4 heteroatoms. The molecule has 2 rings (SSSR count). The molecule has 1 aliphatic heterocycles. The minimum atomic E-state index is -0.896. The number of hydrogen-bond acceptors (Lipinski definition) is 2.